The van der Waals surface area contributed by atoms with Crippen LogP contribution in [-0.4, -0.2) is 53.8 Å². The first-order valence-corrected chi connectivity index (χ1v) is 9.72. The zero-order valence-corrected chi connectivity index (χ0v) is 16.9. The maximum Gasteiger partial charge on any atom is 0.312 e. The Balaban J connectivity index is 1.67. The predicted octanol–water partition coefficient (Wildman–Crippen LogP) is 2.42. The van der Waals surface area contributed by atoms with Crippen LogP contribution in [0.1, 0.15) is 18.9 Å². The van der Waals surface area contributed by atoms with Gasteiger partial charge in [-0.25, -0.2) is 4.39 Å². The van der Waals surface area contributed by atoms with Gasteiger partial charge in [-0.1, -0.05) is 25.1 Å². The van der Waals surface area contributed by atoms with Crippen LogP contribution in [0.3, 0.4) is 0 Å². The summed E-state index contributed by atoms with van der Waals surface area (Å²) < 4.78 is 18.2. The van der Waals surface area contributed by atoms with Gasteiger partial charge in [0.1, 0.15) is 17.6 Å². The van der Waals surface area contributed by atoms with E-state index in [9.17, 15) is 18.8 Å². The van der Waals surface area contributed by atoms with Gasteiger partial charge >= 0.3 is 11.8 Å². The molecule has 1 N–H and O–H groups in total. The standard InChI is InChI=1S/C22H24FN3O4/c1-3-19(20(27)24-17-5-4-6-18(13-17)30-2)26-12-11-25(21(28)22(26)29)14-15-7-9-16(23)10-8-15/h4-10,13,19H,3,11-12,14H2,1-2H3,(H,24,27)/t19-/m0/s1. The number of halogens is 1. The molecule has 1 saturated heterocycles. The topological polar surface area (TPSA) is 79.0 Å². The Kier molecular flexibility index (Phi) is 6.66. The molecule has 30 heavy (non-hydrogen) atoms. The zero-order valence-electron chi connectivity index (χ0n) is 16.9. The van der Waals surface area contributed by atoms with Crippen molar-refractivity contribution in [3.05, 3.63) is 59.9 Å². The third-order valence-corrected chi connectivity index (χ3v) is 5.03. The lowest BCUT2D eigenvalue weighted by Crippen LogP contribution is -2.59. The summed E-state index contributed by atoms with van der Waals surface area (Å²) in [7, 11) is 1.53. The Labute approximate surface area is 174 Å². The van der Waals surface area contributed by atoms with Crippen LogP contribution in [0.4, 0.5) is 10.1 Å². The average molecular weight is 413 g/mol. The molecule has 158 valence electrons. The van der Waals surface area contributed by atoms with Crippen LogP contribution in [0.2, 0.25) is 0 Å². The highest BCUT2D eigenvalue weighted by atomic mass is 19.1. The lowest BCUT2D eigenvalue weighted by Gasteiger charge is -2.37. The van der Waals surface area contributed by atoms with Crippen molar-refractivity contribution in [3.8, 4) is 5.75 Å². The first kappa shape index (κ1) is 21.3. The number of hydrogen-bond donors (Lipinski definition) is 1. The molecule has 8 heteroatoms. The van der Waals surface area contributed by atoms with Gasteiger partial charge in [0.15, 0.2) is 0 Å². The van der Waals surface area contributed by atoms with E-state index >= 15 is 0 Å². The summed E-state index contributed by atoms with van der Waals surface area (Å²) >= 11 is 0. The van der Waals surface area contributed by atoms with E-state index in [1.165, 1.54) is 29.0 Å². The number of benzene rings is 2. The molecule has 3 amide bonds. The number of rotatable bonds is 7. The van der Waals surface area contributed by atoms with Crippen molar-refractivity contribution in [1.29, 1.82) is 0 Å². The van der Waals surface area contributed by atoms with E-state index in [0.29, 0.717) is 24.4 Å². The molecule has 0 aliphatic carbocycles. The van der Waals surface area contributed by atoms with Crippen molar-refractivity contribution in [2.45, 2.75) is 25.9 Å². The van der Waals surface area contributed by atoms with Gasteiger partial charge in [-0.15, -0.1) is 0 Å². The molecule has 1 heterocycles. The summed E-state index contributed by atoms with van der Waals surface area (Å²) in [5.74, 6) is -1.51. The second kappa shape index (κ2) is 9.39. The predicted molar refractivity (Wildman–Crippen MR) is 109 cm³/mol. The molecule has 0 saturated carbocycles. The Hall–Kier alpha value is -3.42. The van der Waals surface area contributed by atoms with E-state index in [2.05, 4.69) is 5.32 Å². The fourth-order valence-electron chi connectivity index (χ4n) is 3.42. The van der Waals surface area contributed by atoms with Gasteiger partial charge in [-0.2, -0.15) is 0 Å². The molecule has 7 nitrogen and oxygen atoms in total. The normalized spacial score (nSPS) is 15.2. The number of amides is 3. The van der Waals surface area contributed by atoms with Crippen LogP contribution in [0.5, 0.6) is 5.75 Å². The van der Waals surface area contributed by atoms with Gasteiger partial charge in [-0.05, 0) is 36.2 Å². The minimum absolute atomic E-state index is 0.214. The number of nitrogens with one attached hydrogen (secondary N) is 1. The lowest BCUT2D eigenvalue weighted by atomic mass is 10.1. The van der Waals surface area contributed by atoms with E-state index in [-0.39, 0.29) is 24.8 Å². The number of methoxy groups -OCH3 is 1. The summed E-state index contributed by atoms with van der Waals surface area (Å²) in [4.78, 5) is 40.8. The molecule has 0 unspecified atom stereocenters. The third kappa shape index (κ3) is 4.76. The number of carbonyl (C=O) groups is 3. The highest BCUT2D eigenvalue weighted by molar-refractivity contribution is 6.35. The molecule has 1 atom stereocenters. The van der Waals surface area contributed by atoms with Crippen molar-refractivity contribution in [2.75, 3.05) is 25.5 Å². The maximum absolute atomic E-state index is 13.1. The molecule has 0 aromatic heterocycles. The van der Waals surface area contributed by atoms with Crippen LogP contribution in [-0.2, 0) is 20.9 Å². The molecule has 1 fully saturated rings. The molecule has 0 radical (unpaired) electrons. The van der Waals surface area contributed by atoms with Crippen molar-refractivity contribution in [2.24, 2.45) is 0 Å². The molecule has 0 spiro atoms. The largest absolute Gasteiger partial charge is 0.497 e. The van der Waals surface area contributed by atoms with Gasteiger partial charge in [-0.3, -0.25) is 14.4 Å². The van der Waals surface area contributed by atoms with E-state index in [0.717, 1.165) is 5.56 Å². The molecule has 0 bridgehead atoms. The summed E-state index contributed by atoms with van der Waals surface area (Å²) in [6, 6.07) is 11.9. The second-order valence-electron chi connectivity index (χ2n) is 7.00. The Bertz CT molecular complexity index is 932. The van der Waals surface area contributed by atoms with Gasteiger partial charge in [0.2, 0.25) is 5.91 Å². The van der Waals surface area contributed by atoms with E-state index < -0.39 is 17.9 Å². The van der Waals surface area contributed by atoms with Crippen molar-refractivity contribution >= 4 is 23.4 Å². The number of carbonyl (C=O) groups excluding carboxylic acids is 3. The number of piperazine rings is 1. The van der Waals surface area contributed by atoms with Gasteiger partial charge in [0, 0.05) is 31.4 Å². The van der Waals surface area contributed by atoms with E-state index in [4.69, 9.17) is 4.74 Å². The smallest absolute Gasteiger partial charge is 0.312 e. The monoisotopic (exact) mass is 413 g/mol. The zero-order chi connectivity index (χ0) is 21.7. The highest BCUT2D eigenvalue weighted by Crippen LogP contribution is 2.19. The molecule has 2 aromatic rings. The first-order chi connectivity index (χ1) is 14.4. The van der Waals surface area contributed by atoms with Crippen molar-refractivity contribution < 1.29 is 23.5 Å². The number of anilines is 1. The highest BCUT2D eigenvalue weighted by Gasteiger charge is 2.38. The fraction of sp³-hybridized carbons (Fsp3) is 0.318. The fourth-order valence-corrected chi connectivity index (χ4v) is 3.42. The molecule has 1 aliphatic rings. The Morgan fingerprint density at radius 2 is 1.87 bits per heavy atom. The van der Waals surface area contributed by atoms with Crippen LogP contribution < -0.4 is 10.1 Å². The summed E-state index contributed by atoms with van der Waals surface area (Å²) in [6.45, 7) is 2.55. The van der Waals surface area contributed by atoms with Gasteiger partial charge < -0.3 is 19.9 Å². The van der Waals surface area contributed by atoms with Crippen LogP contribution >= 0.6 is 0 Å². The quantitative estimate of drug-likeness (QED) is 0.707. The summed E-state index contributed by atoms with van der Waals surface area (Å²) in [5.41, 5.74) is 1.28. The summed E-state index contributed by atoms with van der Waals surface area (Å²) in [5, 5.41) is 2.78. The lowest BCUT2D eigenvalue weighted by molar-refractivity contribution is -0.159. The maximum atomic E-state index is 13.1. The number of nitrogens with zero attached hydrogens (tertiary/aromatic N) is 2. The minimum atomic E-state index is -0.763. The Morgan fingerprint density at radius 1 is 1.13 bits per heavy atom. The van der Waals surface area contributed by atoms with Crippen LogP contribution in [0.15, 0.2) is 48.5 Å². The Morgan fingerprint density at radius 3 is 2.53 bits per heavy atom. The first-order valence-electron chi connectivity index (χ1n) is 9.72. The van der Waals surface area contributed by atoms with Crippen LogP contribution in [0.25, 0.3) is 0 Å². The van der Waals surface area contributed by atoms with Crippen molar-refractivity contribution in [1.82, 2.24) is 9.80 Å². The van der Waals surface area contributed by atoms with E-state index in [1.807, 2.05) is 0 Å². The van der Waals surface area contributed by atoms with Gasteiger partial charge in [0.05, 0.1) is 7.11 Å². The average Bonchev–Trinajstić information content (AvgIpc) is 2.75. The van der Waals surface area contributed by atoms with Gasteiger partial charge in [0.25, 0.3) is 0 Å². The molecule has 2 aromatic carbocycles. The second-order valence-corrected chi connectivity index (χ2v) is 7.00. The van der Waals surface area contributed by atoms with Crippen molar-refractivity contribution in [3.63, 3.8) is 0 Å². The number of hydrogen-bond acceptors (Lipinski definition) is 4. The molecule has 1 aliphatic heterocycles. The SMILES string of the molecule is CC[C@@H](C(=O)Nc1cccc(OC)c1)N1CCN(Cc2ccc(F)cc2)C(=O)C1=O. The van der Waals surface area contributed by atoms with E-state index in [1.54, 1.807) is 43.3 Å². The molecular formula is C22H24FN3O4. The molecule has 3 rings (SSSR count). The molecular weight excluding hydrogens is 389 g/mol. The minimum Gasteiger partial charge on any atom is -0.497 e. The summed E-state index contributed by atoms with van der Waals surface area (Å²) in [6.07, 6.45) is 0.368. The van der Waals surface area contributed by atoms with Crippen LogP contribution in [0, 0.1) is 5.82 Å². The number of ether oxygens (including phenoxy) is 1. The third-order valence-electron chi connectivity index (χ3n) is 5.03.